The molecule has 0 atom stereocenters. The minimum absolute atomic E-state index is 0.693. The van der Waals surface area contributed by atoms with Crippen molar-refractivity contribution in [1.82, 2.24) is 9.97 Å². The van der Waals surface area contributed by atoms with Gasteiger partial charge in [0.25, 0.3) is 0 Å². The number of hydrazone groups is 1. The first-order valence-electron chi connectivity index (χ1n) is 8.42. The van der Waals surface area contributed by atoms with E-state index >= 15 is 0 Å². The Labute approximate surface area is 156 Å². The molecule has 0 amide bonds. The fraction of sp³-hybridized carbons (Fsp3) is 0.0952. The van der Waals surface area contributed by atoms with Crippen LogP contribution in [0.1, 0.15) is 21.7 Å². The standard InChI is InChI=1S/C21H18N4S/c1-15-11-12-26-20(15)14-22-25-21-19(13-16-7-3-2-4-8-16)23-17-9-5-6-10-18(17)24-21/h2-12,14H,13H2,1H3,(H,24,25)/b22-14+. The van der Waals surface area contributed by atoms with Crippen molar-refractivity contribution >= 4 is 34.4 Å². The molecule has 0 radical (unpaired) electrons. The van der Waals surface area contributed by atoms with Crippen LogP contribution < -0.4 is 5.43 Å². The summed E-state index contributed by atoms with van der Waals surface area (Å²) in [5.74, 6) is 0.693. The van der Waals surface area contributed by atoms with E-state index in [0.717, 1.165) is 21.6 Å². The average Bonchev–Trinajstić information content (AvgIpc) is 3.08. The third-order valence-electron chi connectivity index (χ3n) is 4.11. The van der Waals surface area contributed by atoms with Crippen LogP contribution in [0.5, 0.6) is 0 Å². The van der Waals surface area contributed by atoms with Crippen molar-refractivity contribution in [1.29, 1.82) is 0 Å². The Balaban J connectivity index is 1.67. The molecule has 0 spiro atoms. The summed E-state index contributed by atoms with van der Waals surface area (Å²) in [4.78, 5) is 10.7. The summed E-state index contributed by atoms with van der Waals surface area (Å²) in [5, 5.41) is 6.45. The van der Waals surface area contributed by atoms with E-state index in [0.29, 0.717) is 12.2 Å². The molecule has 0 bridgehead atoms. The molecule has 4 aromatic rings. The molecule has 0 saturated carbocycles. The minimum atomic E-state index is 0.693. The second kappa shape index (κ2) is 7.45. The van der Waals surface area contributed by atoms with Crippen molar-refractivity contribution in [3.63, 3.8) is 0 Å². The summed E-state index contributed by atoms with van der Waals surface area (Å²) in [6, 6.07) is 20.3. The van der Waals surface area contributed by atoms with Gasteiger partial charge in [-0.1, -0.05) is 42.5 Å². The molecule has 0 saturated heterocycles. The van der Waals surface area contributed by atoms with Crippen molar-refractivity contribution in [2.24, 2.45) is 5.10 Å². The number of nitrogens with zero attached hydrogens (tertiary/aromatic N) is 3. The highest BCUT2D eigenvalue weighted by Gasteiger charge is 2.09. The van der Waals surface area contributed by atoms with Gasteiger partial charge in [-0.05, 0) is 41.6 Å². The third-order valence-corrected chi connectivity index (χ3v) is 5.06. The molecule has 128 valence electrons. The lowest BCUT2D eigenvalue weighted by atomic mass is 10.1. The Morgan fingerprint density at radius 2 is 1.69 bits per heavy atom. The molecule has 1 N–H and O–H groups in total. The summed E-state index contributed by atoms with van der Waals surface area (Å²) < 4.78 is 0. The molecule has 4 nitrogen and oxygen atoms in total. The highest BCUT2D eigenvalue weighted by atomic mass is 32.1. The Morgan fingerprint density at radius 1 is 0.962 bits per heavy atom. The second-order valence-corrected chi connectivity index (χ2v) is 6.96. The molecule has 0 fully saturated rings. The maximum absolute atomic E-state index is 4.81. The number of nitrogens with one attached hydrogen (secondary N) is 1. The Bertz CT molecular complexity index is 1050. The van der Waals surface area contributed by atoms with Gasteiger partial charge in [0.1, 0.15) is 0 Å². The quantitative estimate of drug-likeness (QED) is 0.402. The lowest BCUT2D eigenvalue weighted by molar-refractivity contribution is 1.06. The predicted molar refractivity (Wildman–Crippen MR) is 109 cm³/mol. The highest BCUT2D eigenvalue weighted by molar-refractivity contribution is 7.11. The van der Waals surface area contributed by atoms with Crippen LogP contribution in [0.25, 0.3) is 11.0 Å². The van der Waals surface area contributed by atoms with Gasteiger partial charge in [0, 0.05) is 11.3 Å². The van der Waals surface area contributed by atoms with E-state index in [1.165, 1.54) is 11.1 Å². The molecule has 0 aliphatic heterocycles. The van der Waals surface area contributed by atoms with Crippen LogP contribution in [-0.2, 0) is 6.42 Å². The molecule has 4 rings (SSSR count). The summed E-state index contributed by atoms with van der Waals surface area (Å²) in [6.45, 7) is 2.08. The van der Waals surface area contributed by atoms with Crippen molar-refractivity contribution in [2.75, 3.05) is 5.43 Å². The fourth-order valence-corrected chi connectivity index (χ4v) is 3.49. The summed E-state index contributed by atoms with van der Waals surface area (Å²) in [6.07, 6.45) is 2.54. The van der Waals surface area contributed by atoms with Crippen molar-refractivity contribution in [3.8, 4) is 0 Å². The summed E-state index contributed by atoms with van der Waals surface area (Å²) >= 11 is 1.67. The van der Waals surface area contributed by atoms with Crippen LogP contribution >= 0.6 is 11.3 Å². The van der Waals surface area contributed by atoms with Gasteiger partial charge in [-0.25, -0.2) is 9.97 Å². The van der Waals surface area contributed by atoms with Gasteiger partial charge in [0.05, 0.1) is 22.9 Å². The lowest BCUT2D eigenvalue weighted by Crippen LogP contribution is -2.03. The van der Waals surface area contributed by atoms with E-state index < -0.39 is 0 Å². The number of hydrogen-bond donors (Lipinski definition) is 1. The van der Waals surface area contributed by atoms with Gasteiger partial charge in [0.2, 0.25) is 0 Å². The number of hydrogen-bond acceptors (Lipinski definition) is 5. The molecular formula is C21H18N4S. The molecule has 5 heteroatoms. The number of anilines is 1. The fourth-order valence-electron chi connectivity index (χ4n) is 2.71. The van der Waals surface area contributed by atoms with Gasteiger partial charge < -0.3 is 0 Å². The third kappa shape index (κ3) is 3.63. The molecule has 2 heterocycles. The van der Waals surface area contributed by atoms with Crippen LogP contribution in [0.2, 0.25) is 0 Å². The van der Waals surface area contributed by atoms with E-state index in [1.807, 2.05) is 48.7 Å². The van der Waals surface area contributed by atoms with E-state index in [4.69, 9.17) is 9.97 Å². The van der Waals surface area contributed by atoms with Crippen LogP contribution in [0, 0.1) is 6.92 Å². The SMILES string of the molecule is Cc1ccsc1/C=N/Nc1nc2ccccc2nc1Cc1ccccc1. The maximum Gasteiger partial charge on any atom is 0.169 e. The van der Waals surface area contributed by atoms with E-state index in [-0.39, 0.29) is 0 Å². The summed E-state index contributed by atoms with van der Waals surface area (Å²) in [7, 11) is 0. The van der Waals surface area contributed by atoms with Gasteiger partial charge in [0.15, 0.2) is 5.82 Å². The van der Waals surface area contributed by atoms with E-state index in [9.17, 15) is 0 Å². The Hall–Kier alpha value is -3.05. The van der Waals surface area contributed by atoms with Crippen molar-refractivity contribution in [2.45, 2.75) is 13.3 Å². The molecule has 2 aromatic carbocycles. The normalized spacial score (nSPS) is 11.3. The number of rotatable bonds is 5. The topological polar surface area (TPSA) is 50.2 Å². The molecule has 0 aliphatic rings. The van der Waals surface area contributed by atoms with Crippen molar-refractivity contribution < 1.29 is 0 Å². The van der Waals surface area contributed by atoms with E-state index in [2.05, 4.69) is 41.0 Å². The first-order valence-corrected chi connectivity index (χ1v) is 9.30. The van der Waals surface area contributed by atoms with Gasteiger partial charge in [-0.2, -0.15) is 5.10 Å². The van der Waals surface area contributed by atoms with Crippen LogP contribution in [0.4, 0.5) is 5.82 Å². The van der Waals surface area contributed by atoms with Crippen LogP contribution in [-0.4, -0.2) is 16.2 Å². The number of fused-ring (bicyclic) bond motifs is 1. The smallest absolute Gasteiger partial charge is 0.169 e. The molecule has 0 aliphatic carbocycles. The first kappa shape index (κ1) is 16.4. The Morgan fingerprint density at radius 3 is 2.42 bits per heavy atom. The molecule has 2 aromatic heterocycles. The summed E-state index contributed by atoms with van der Waals surface area (Å²) in [5.41, 5.74) is 8.13. The van der Waals surface area contributed by atoms with E-state index in [1.54, 1.807) is 11.3 Å². The molecule has 26 heavy (non-hydrogen) atoms. The lowest BCUT2D eigenvalue weighted by Gasteiger charge is -2.09. The Kier molecular flexibility index (Phi) is 4.71. The average molecular weight is 358 g/mol. The molecule has 0 unspecified atom stereocenters. The largest absolute Gasteiger partial charge is 0.260 e. The zero-order valence-corrected chi connectivity index (χ0v) is 15.2. The number of aryl methyl sites for hydroxylation is 1. The van der Waals surface area contributed by atoms with Crippen molar-refractivity contribution in [3.05, 3.63) is 87.7 Å². The van der Waals surface area contributed by atoms with Gasteiger partial charge in [-0.15, -0.1) is 11.3 Å². The second-order valence-electron chi connectivity index (χ2n) is 6.01. The maximum atomic E-state index is 4.81. The number of aromatic nitrogens is 2. The van der Waals surface area contributed by atoms with Gasteiger partial charge in [-0.3, -0.25) is 5.43 Å². The zero-order chi connectivity index (χ0) is 17.8. The number of thiophene rings is 1. The predicted octanol–water partition coefficient (Wildman–Crippen LogP) is 5.04. The first-order chi connectivity index (χ1) is 12.8. The minimum Gasteiger partial charge on any atom is -0.260 e. The zero-order valence-electron chi connectivity index (χ0n) is 14.4. The number of para-hydroxylation sites is 2. The van der Waals surface area contributed by atoms with Crippen LogP contribution in [0.3, 0.4) is 0 Å². The number of benzene rings is 2. The highest BCUT2D eigenvalue weighted by Crippen LogP contribution is 2.20. The van der Waals surface area contributed by atoms with Crippen LogP contribution in [0.15, 0.2) is 71.1 Å². The monoisotopic (exact) mass is 358 g/mol. The molecular weight excluding hydrogens is 340 g/mol. The van der Waals surface area contributed by atoms with Gasteiger partial charge >= 0.3 is 0 Å².